The molecule has 2 bridgehead atoms. The van der Waals surface area contributed by atoms with Crippen molar-refractivity contribution in [2.24, 2.45) is 11.8 Å². The van der Waals surface area contributed by atoms with Gasteiger partial charge in [-0.25, -0.2) is 4.98 Å². The van der Waals surface area contributed by atoms with E-state index in [9.17, 15) is 27.9 Å². The number of Topliss-reactive ketones (excluding diaryl/α,β-unsaturated/α-hetero) is 2. The van der Waals surface area contributed by atoms with Crippen LogP contribution in [0.5, 0.6) is 0 Å². The van der Waals surface area contributed by atoms with Gasteiger partial charge < -0.3 is 14.6 Å². The van der Waals surface area contributed by atoms with E-state index >= 15 is 0 Å². The molecule has 1 aromatic heterocycles. The number of halogens is 3. The number of aliphatic hydroxyl groups excluding tert-OH is 1. The summed E-state index contributed by atoms with van der Waals surface area (Å²) in [4.78, 5) is 29.1. The number of allylic oxidation sites excluding steroid dienone is 2. The second-order valence-corrected chi connectivity index (χ2v) is 6.96. The zero-order chi connectivity index (χ0) is 20.6. The summed E-state index contributed by atoms with van der Waals surface area (Å²) >= 11 is 0. The van der Waals surface area contributed by atoms with Crippen molar-refractivity contribution in [3.8, 4) is 0 Å². The maximum atomic E-state index is 13.0. The van der Waals surface area contributed by atoms with Crippen molar-refractivity contribution in [1.82, 2.24) is 4.98 Å². The van der Waals surface area contributed by atoms with E-state index in [0.717, 1.165) is 6.07 Å². The van der Waals surface area contributed by atoms with Crippen molar-refractivity contribution in [2.75, 3.05) is 7.11 Å². The van der Waals surface area contributed by atoms with Crippen molar-refractivity contribution in [3.05, 3.63) is 40.4 Å². The van der Waals surface area contributed by atoms with Crippen LogP contribution in [0.15, 0.2) is 23.5 Å². The zero-order valence-electron chi connectivity index (χ0n) is 15.4. The molecule has 0 saturated heterocycles. The summed E-state index contributed by atoms with van der Waals surface area (Å²) in [6.07, 6.45) is -3.76. The minimum atomic E-state index is -4.70. The van der Waals surface area contributed by atoms with Crippen molar-refractivity contribution in [1.29, 1.82) is 0 Å². The van der Waals surface area contributed by atoms with E-state index < -0.39 is 36.3 Å². The Bertz CT molecular complexity index is 833. The largest absolute Gasteiger partial charge is 0.511 e. The summed E-state index contributed by atoms with van der Waals surface area (Å²) in [6, 6.07) is 1.65. The van der Waals surface area contributed by atoms with Gasteiger partial charge in [0, 0.05) is 24.5 Å². The third kappa shape index (κ3) is 3.81. The van der Waals surface area contributed by atoms with Crippen molar-refractivity contribution < 1.29 is 37.3 Å². The molecule has 1 aromatic rings. The first-order valence-corrected chi connectivity index (χ1v) is 8.87. The second-order valence-electron chi connectivity index (χ2n) is 6.96. The maximum Gasteiger partial charge on any atom is 0.433 e. The summed E-state index contributed by atoms with van der Waals surface area (Å²) in [5.74, 6) is -2.18. The zero-order valence-corrected chi connectivity index (χ0v) is 15.4. The number of hydrogen-bond acceptors (Lipinski definition) is 6. The molecule has 0 amide bonds. The number of fused-ring (bicyclic) bond motifs is 2. The lowest BCUT2D eigenvalue weighted by Crippen LogP contribution is -2.28. The Balaban J connectivity index is 2.01. The molecule has 0 radical (unpaired) electrons. The van der Waals surface area contributed by atoms with E-state index in [1.807, 2.05) is 0 Å². The highest BCUT2D eigenvalue weighted by Crippen LogP contribution is 2.43. The molecule has 3 atom stereocenters. The van der Waals surface area contributed by atoms with Crippen LogP contribution in [0.25, 0.3) is 0 Å². The first kappa shape index (κ1) is 20.5. The molecule has 0 spiro atoms. The van der Waals surface area contributed by atoms with Crippen LogP contribution in [0.3, 0.4) is 0 Å². The Labute approximate surface area is 159 Å². The molecular formula is C19H20F3NO5. The Morgan fingerprint density at radius 1 is 1.32 bits per heavy atom. The summed E-state index contributed by atoms with van der Waals surface area (Å²) in [6.45, 7) is 1.11. The molecule has 1 fully saturated rings. The van der Waals surface area contributed by atoms with E-state index in [1.54, 1.807) is 0 Å². The number of methoxy groups -OCH3 is 1. The lowest BCUT2D eigenvalue weighted by Gasteiger charge is -2.21. The third-order valence-corrected chi connectivity index (χ3v) is 5.22. The van der Waals surface area contributed by atoms with Gasteiger partial charge in [0.1, 0.15) is 17.0 Å². The van der Waals surface area contributed by atoms with Crippen molar-refractivity contribution >= 4 is 11.6 Å². The average molecular weight is 399 g/mol. The van der Waals surface area contributed by atoms with Crippen LogP contribution in [0, 0.1) is 11.8 Å². The fourth-order valence-electron chi connectivity index (χ4n) is 3.61. The number of aromatic nitrogens is 1. The molecule has 1 saturated carbocycles. The fraction of sp³-hybridized carbons (Fsp3) is 0.526. The summed E-state index contributed by atoms with van der Waals surface area (Å²) in [5, 5.41) is 10.4. The Morgan fingerprint density at radius 3 is 2.64 bits per heavy atom. The molecule has 1 N–H and O–H groups in total. The number of ketones is 2. The lowest BCUT2D eigenvalue weighted by molar-refractivity contribution is -0.142. The van der Waals surface area contributed by atoms with Crippen molar-refractivity contribution in [2.45, 2.75) is 45.3 Å². The van der Waals surface area contributed by atoms with E-state index in [1.165, 1.54) is 14.0 Å². The second kappa shape index (κ2) is 7.63. The minimum absolute atomic E-state index is 0.201. The molecule has 2 aliphatic carbocycles. The number of carbonyl (C=O) groups is 2. The number of aliphatic hydroxyl groups is 1. The molecule has 9 heteroatoms. The molecule has 28 heavy (non-hydrogen) atoms. The van der Waals surface area contributed by atoms with Gasteiger partial charge in [0.15, 0.2) is 12.1 Å². The summed E-state index contributed by atoms with van der Waals surface area (Å²) in [7, 11) is 1.36. The molecule has 152 valence electrons. The van der Waals surface area contributed by atoms with E-state index in [4.69, 9.17) is 9.47 Å². The molecule has 0 aromatic carbocycles. The van der Waals surface area contributed by atoms with Crippen LogP contribution in [-0.4, -0.2) is 35.1 Å². The van der Waals surface area contributed by atoms with E-state index in [0.29, 0.717) is 25.3 Å². The first-order valence-electron chi connectivity index (χ1n) is 8.87. The standard InChI is InChI=1S/C19H20F3NO5/c1-9(27-2)28-8-13-12(5-6-14(23-13)19(20,21)22)18(26)15-16(24)10-3-4-11(7-10)17(15)25/h5-6,9-11,24H,3-4,7-8H2,1-2H3. The van der Waals surface area contributed by atoms with Crippen LogP contribution >= 0.6 is 0 Å². The van der Waals surface area contributed by atoms with Crippen LogP contribution in [0.2, 0.25) is 0 Å². The smallest absolute Gasteiger partial charge is 0.433 e. The summed E-state index contributed by atoms with van der Waals surface area (Å²) < 4.78 is 49.3. The Morgan fingerprint density at radius 2 is 2.00 bits per heavy atom. The molecule has 6 nitrogen and oxygen atoms in total. The summed E-state index contributed by atoms with van der Waals surface area (Å²) in [5.41, 5.74) is -2.00. The van der Waals surface area contributed by atoms with Gasteiger partial charge in [-0.2, -0.15) is 13.2 Å². The number of nitrogens with zero attached hydrogens (tertiary/aromatic N) is 1. The van der Waals surface area contributed by atoms with Gasteiger partial charge in [-0.05, 0) is 38.3 Å². The van der Waals surface area contributed by atoms with Gasteiger partial charge in [0.25, 0.3) is 0 Å². The normalized spacial score (nSPS) is 23.2. The SMILES string of the molecule is COC(C)OCc1nc(C(F)(F)F)ccc1C(=O)C1=C(O)C2CCC(C2)C1=O. The Hall–Kier alpha value is -2.26. The topological polar surface area (TPSA) is 85.7 Å². The number of carbonyl (C=O) groups excluding carboxylic acids is 2. The lowest BCUT2D eigenvalue weighted by atomic mass is 9.83. The first-order chi connectivity index (χ1) is 13.1. The average Bonchev–Trinajstić information content (AvgIpc) is 3.10. The predicted molar refractivity (Wildman–Crippen MR) is 90.3 cm³/mol. The fourth-order valence-corrected chi connectivity index (χ4v) is 3.61. The number of alkyl halides is 3. The number of rotatable bonds is 6. The predicted octanol–water partition coefficient (Wildman–Crippen LogP) is 3.60. The van der Waals surface area contributed by atoms with Crippen LogP contribution in [0.1, 0.15) is 47.9 Å². The highest BCUT2D eigenvalue weighted by molar-refractivity contribution is 6.28. The molecule has 2 aliphatic rings. The number of pyridine rings is 1. The number of hydrogen-bond donors (Lipinski definition) is 1. The molecular weight excluding hydrogens is 379 g/mol. The maximum absolute atomic E-state index is 13.0. The Kier molecular flexibility index (Phi) is 5.58. The molecule has 1 heterocycles. The quantitative estimate of drug-likeness (QED) is 0.447. The monoisotopic (exact) mass is 399 g/mol. The molecule has 3 rings (SSSR count). The molecule has 3 unspecified atom stereocenters. The van der Waals surface area contributed by atoms with Gasteiger partial charge in [-0.1, -0.05) is 0 Å². The van der Waals surface area contributed by atoms with E-state index in [2.05, 4.69) is 4.98 Å². The van der Waals surface area contributed by atoms with Gasteiger partial charge in [-0.3, -0.25) is 9.59 Å². The third-order valence-electron chi connectivity index (χ3n) is 5.22. The highest BCUT2D eigenvalue weighted by atomic mass is 19.4. The van der Waals surface area contributed by atoms with E-state index in [-0.39, 0.29) is 34.4 Å². The molecule has 0 aliphatic heterocycles. The van der Waals surface area contributed by atoms with Crippen LogP contribution in [-0.2, 0) is 27.1 Å². The minimum Gasteiger partial charge on any atom is -0.511 e. The van der Waals surface area contributed by atoms with Crippen LogP contribution in [0.4, 0.5) is 13.2 Å². The van der Waals surface area contributed by atoms with Crippen molar-refractivity contribution in [3.63, 3.8) is 0 Å². The van der Waals surface area contributed by atoms with Gasteiger partial charge in [-0.15, -0.1) is 0 Å². The van der Waals surface area contributed by atoms with Crippen LogP contribution < -0.4 is 0 Å². The van der Waals surface area contributed by atoms with Gasteiger partial charge in [0.05, 0.1) is 12.3 Å². The van der Waals surface area contributed by atoms with Gasteiger partial charge in [0.2, 0.25) is 5.78 Å². The number of ether oxygens (including phenoxy) is 2. The van der Waals surface area contributed by atoms with Gasteiger partial charge >= 0.3 is 6.18 Å². The highest BCUT2D eigenvalue weighted by Gasteiger charge is 2.44.